The molecule has 37 heavy (non-hydrogen) atoms. The van der Waals surface area contributed by atoms with Crippen molar-refractivity contribution in [1.82, 2.24) is 9.88 Å². The molecule has 3 aromatic carbocycles. The van der Waals surface area contributed by atoms with Gasteiger partial charge >= 0.3 is 0 Å². The van der Waals surface area contributed by atoms with Gasteiger partial charge in [-0.05, 0) is 79.9 Å². The van der Waals surface area contributed by atoms with E-state index < -0.39 is 0 Å². The number of fused-ring (bicyclic) bond motifs is 1. The monoisotopic (exact) mass is 498 g/mol. The Morgan fingerprint density at radius 3 is 2.32 bits per heavy atom. The molecule has 190 valence electrons. The summed E-state index contributed by atoms with van der Waals surface area (Å²) in [4.78, 5) is 26.9. The molecule has 2 heterocycles. The number of aromatic nitrogens is 1. The second-order valence-electron chi connectivity index (χ2n) is 10.0. The summed E-state index contributed by atoms with van der Waals surface area (Å²) >= 11 is 0. The maximum atomic E-state index is 15.0. The lowest BCUT2D eigenvalue weighted by molar-refractivity contribution is -0.114. The number of halogens is 1. The number of benzene rings is 3. The zero-order chi connectivity index (χ0) is 26.3. The highest BCUT2D eigenvalue weighted by atomic mass is 19.1. The Balaban J connectivity index is 1.43. The van der Waals surface area contributed by atoms with Crippen LogP contribution in [0.3, 0.4) is 0 Å². The molecule has 1 aliphatic heterocycles. The second kappa shape index (κ2) is 9.82. The van der Waals surface area contributed by atoms with Crippen LogP contribution in [-0.2, 0) is 4.79 Å². The van der Waals surface area contributed by atoms with Crippen molar-refractivity contribution in [2.24, 2.45) is 0 Å². The molecule has 1 aromatic heterocycles. The van der Waals surface area contributed by atoms with Crippen LogP contribution in [0.25, 0.3) is 22.0 Å². The lowest BCUT2D eigenvalue weighted by atomic mass is 9.98. The van der Waals surface area contributed by atoms with E-state index in [1.807, 2.05) is 49.4 Å². The first-order chi connectivity index (χ1) is 17.7. The molecule has 6 nitrogen and oxygen atoms in total. The summed E-state index contributed by atoms with van der Waals surface area (Å²) in [5.41, 5.74) is 5.53. The number of hydrogen-bond donors (Lipinski definition) is 2. The second-order valence-corrected chi connectivity index (χ2v) is 10.0. The topological polar surface area (TPSA) is 66.4 Å². The van der Waals surface area contributed by atoms with E-state index in [-0.39, 0.29) is 29.7 Å². The molecule has 2 N–H and O–H groups in total. The molecule has 4 aromatic rings. The predicted octanol–water partition coefficient (Wildman–Crippen LogP) is 5.59. The maximum Gasteiger partial charge on any atom is 0.262 e. The van der Waals surface area contributed by atoms with E-state index in [0.717, 1.165) is 22.4 Å². The minimum Gasteiger partial charge on any atom is -0.366 e. The van der Waals surface area contributed by atoms with Gasteiger partial charge in [-0.1, -0.05) is 18.2 Å². The highest BCUT2D eigenvalue weighted by Gasteiger charge is 2.24. The van der Waals surface area contributed by atoms with Gasteiger partial charge in [0.15, 0.2) is 0 Å². The van der Waals surface area contributed by atoms with Crippen LogP contribution in [0, 0.1) is 12.7 Å². The SMILES string of the molecule is CC(=O)Nc1ccc(-c2ccc(C(=O)n3ccc4cc(F)c(N5CC(C)NC(C)C5)cc43)cc2)c(C)c1. The van der Waals surface area contributed by atoms with E-state index in [9.17, 15) is 9.59 Å². The van der Waals surface area contributed by atoms with Gasteiger partial charge in [-0.3, -0.25) is 14.2 Å². The average Bonchev–Trinajstić information content (AvgIpc) is 3.25. The van der Waals surface area contributed by atoms with Crippen LogP contribution in [0.4, 0.5) is 15.8 Å². The van der Waals surface area contributed by atoms with E-state index in [4.69, 9.17) is 0 Å². The minimum absolute atomic E-state index is 0.112. The van der Waals surface area contributed by atoms with E-state index in [0.29, 0.717) is 35.2 Å². The number of amides is 1. The first-order valence-corrected chi connectivity index (χ1v) is 12.5. The number of nitrogens with zero attached hydrogens (tertiary/aromatic N) is 2. The third-order valence-electron chi connectivity index (χ3n) is 6.87. The number of anilines is 2. The molecule has 0 spiro atoms. The van der Waals surface area contributed by atoms with E-state index >= 15 is 4.39 Å². The standard InChI is InChI=1S/C30H31FN4O2/c1-18-13-25(33-21(4)36)9-10-26(18)22-5-7-23(8-6-22)30(37)35-12-11-24-14-27(31)29(15-28(24)35)34-16-19(2)32-20(3)17-34/h5-15,19-20,32H,16-17H2,1-4H3,(H,33,36). The Morgan fingerprint density at radius 1 is 0.973 bits per heavy atom. The highest BCUT2D eigenvalue weighted by molar-refractivity contribution is 6.03. The first-order valence-electron chi connectivity index (χ1n) is 12.5. The Labute approximate surface area is 216 Å². The van der Waals surface area contributed by atoms with Crippen molar-refractivity contribution in [2.45, 2.75) is 39.8 Å². The minimum atomic E-state index is -0.275. The number of nitrogens with one attached hydrogen (secondary N) is 2. The molecule has 2 unspecified atom stereocenters. The van der Waals surface area contributed by atoms with Crippen LogP contribution in [0.5, 0.6) is 0 Å². The van der Waals surface area contributed by atoms with Gasteiger partial charge in [0.1, 0.15) is 5.82 Å². The molecular weight excluding hydrogens is 467 g/mol. The lowest BCUT2D eigenvalue weighted by Crippen LogP contribution is -2.54. The summed E-state index contributed by atoms with van der Waals surface area (Å²) in [6.45, 7) is 9.06. The van der Waals surface area contributed by atoms with Crippen LogP contribution < -0.4 is 15.5 Å². The van der Waals surface area contributed by atoms with Crippen molar-refractivity contribution in [3.63, 3.8) is 0 Å². The third-order valence-corrected chi connectivity index (χ3v) is 6.87. The van der Waals surface area contributed by atoms with Crippen LogP contribution in [-0.4, -0.2) is 41.6 Å². The number of aryl methyl sites for hydroxylation is 1. The smallest absolute Gasteiger partial charge is 0.262 e. The summed E-state index contributed by atoms with van der Waals surface area (Å²) in [6, 6.07) is 18.8. The molecule has 1 fully saturated rings. The fraction of sp³-hybridized carbons (Fsp3) is 0.267. The van der Waals surface area contributed by atoms with E-state index in [1.165, 1.54) is 13.0 Å². The molecule has 1 amide bonds. The average molecular weight is 499 g/mol. The van der Waals surface area contributed by atoms with Crippen LogP contribution in [0.1, 0.15) is 36.7 Å². The van der Waals surface area contributed by atoms with E-state index in [1.54, 1.807) is 22.9 Å². The molecule has 1 saturated heterocycles. The van der Waals surface area contributed by atoms with Gasteiger partial charge in [-0.15, -0.1) is 0 Å². The quantitative estimate of drug-likeness (QED) is 0.385. The molecule has 2 atom stereocenters. The molecule has 0 aliphatic carbocycles. The summed E-state index contributed by atoms with van der Waals surface area (Å²) in [7, 11) is 0. The van der Waals surface area contributed by atoms with Crippen molar-refractivity contribution in [3.8, 4) is 11.1 Å². The van der Waals surface area contributed by atoms with Gasteiger partial charge in [0, 0.05) is 54.9 Å². The molecule has 0 saturated carbocycles. The van der Waals surface area contributed by atoms with Gasteiger partial charge in [-0.25, -0.2) is 4.39 Å². The predicted molar refractivity (Wildman–Crippen MR) is 147 cm³/mol. The summed E-state index contributed by atoms with van der Waals surface area (Å²) in [5, 5.41) is 6.96. The number of carbonyl (C=O) groups excluding carboxylic acids is 2. The molecular formula is C30H31FN4O2. The number of carbonyl (C=O) groups is 2. The number of piperazine rings is 1. The normalized spacial score (nSPS) is 17.7. The van der Waals surface area contributed by atoms with Crippen LogP contribution in [0.2, 0.25) is 0 Å². The Hall–Kier alpha value is -3.97. The van der Waals surface area contributed by atoms with Gasteiger partial charge in [0.2, 0.25) is 5.91 Å². The van der Waals surface area contributed by atoms with Gasteiger partial charge < -0.3 is 15.5 Å². The van der Waals surface area contributed by atoms with Gasteiger partial charge in [0.25, 0.3) is 5.91 Å². The Kier molecular flexibility index (Phi) is 6.56. The largest absolute Gasteiger partial charge is 0.366 e. The summed E-state index contributed by atoms with van der Waals surface area (Å²) < 4.78 is 16.6. The number of rotatable bonds is 4. The van der Waals surface area contributed by atoms with Crippen LogP contribution >= 0.6 is 0 Å². The molecule has 5 rings (SSSR count). The molecule has 1 aliphatic rings. The van der Waals surface area contributed by atoms with Gasteiger partial charge in [0.05, 0.1) is 11.2 Å². The third kappa shape index (κ3) is 5.00. The molecule has 0 radical (unpaired) electrons. The van der Waals surface area contributed by atoms with Crippen LogP contribution in [0.15, 0.2) is 66.9 Å². The summed E-state index contributed by atoms with van der Waals surface area (Å²) in [5.74, 6) is -0.554. The van der Waals surface area contributed by atoms with Gasteiger partial charge in [-0.2, -0.15) is 0 Å². The van der Waals surface area contributed by atoms with Crippen molar-refractivity contribution < 1.29 is 14.0 Å². The zero-order valence-electron chi connectivity index (χ0n) is 21.5. The molecule has 7 heteroatoms. The maximum absolute atomic E-state index is 15.0. The fourth-order valence-electron chi connectivity index (χ4n) is 5.29. The Bertz CT molecular complexity index is 1480. The highest BCUT2D eigenvalue weighted by Crippen LogP contribution is 2.30. The zero-order valence-corrected chi connectivity index (χ0v) is 21.5. The Morgan fingerprint density at radius 2 is 1.68 bits per heavy atom. The van der Waals surface area contributed by atoms with Crippen molar-refractivity contribution in [2.75, 3.05) is 23.3 Å². The van der Waals surface area contributed by atoms with Crippen molar-refractivity contribution >= 4 is 34.1 Å². The van der Waals surface area contributed by atoms with E-state index in [2.05, 4.69) is 29.4 Å². The number of hydrogen-bond acceptors (Lipinski definition) is 4. The van der Waals surface area contributed by atoms with Crippen molar-refractivity contribution in [3.05, 3.63) is 83.8 Å². The lowest BCUT2D eigenvalue weighted by Gasteiger charge is -2.37. The first kappa shape index (κ1) is 24.7. The van der Waals surface area contributed by atoms with Crippen molar-refractivity contribution in [1.29, 1.82) is 0 Å². The fourth-order valence-corrected chi connectivity index (χ4v) is 5.29. The summed E-state index contributed by atoms with van der Waals surface area (Å²) in [6.07, 6.45) is 1.71. The molecule has 0 bridgehead atoms.